The van der Waals surface area contributed by atoms with E-state index >= 15 is 0 Å². The highest BCUT2D eigenvalue weighted by atomic mass is 19.4. The molecule has 7 nitrogen and oxygen atoms in total. The summed E-state index contributed by atoms with van der Waals surface area (Å²) in [5.74, 6) is -2.38. The van der Waals surface area contributed by atoms with Gasteiger partial charge in [-0.05, 0) is 43.0 Å². The number of anilines is 2. The molecule has 10 heteroatoms. The summed E-state index contributed by atoms with van der Waals surface area (Å²) >= 11 is 0. The lowest BCUT2D eigenvalue weighted by Gasteiger charge is -2.41. The largest absolute Gasteiger partial charge is 0.423 e. The predicted octanol–water partition coefficient (Wildman–Crippen LogP) is 4.80. The van der Waals surface area contributed by atoms with Crippen LogP contribution in [0, 0.1) is 27.9 Å². The number of hydrogen-bond donors (Lipinski definition) is 1. The highest BCUT2D eigenvalue weighted by Gasteiger charge is 2.45. The van der Waals surface area contributed by atoms with Crippen molar-refractivity contribution < 1.29 is 27.7 Å². The first-order valence-corrected chi connectivity index (χ1v) is 10.4. The number of amides is 2. The highest BCUT2D eigenvalue weighted by molar-refractivity contribution is 6.02. The van der Waals surface area contributed by atoms with E-state index < -0.39 is 40.1 Å². The zero-order valence-electron chi connectivity index (χ0n) is 17.3. The van der Waals surface area contributed by atoms with Gasteiger partial charge in [-0.3, -0.25) is 19.7 Å². The number of fused-ring (bicyclic) bond motifs is 1. The number of nitrogens with one attached hydrogen (secondary N) is 1. The standard InChI is InChI=1S/C23H20F3N3O4/c24-23(25,26)18-13-15(9-10-19(18)29(32)33)27-21(30)17-8-4-5-14-11-12-28(22(31)20(14)17)16-6-2-1-3-7-16/h1-7,9-10,13-14,17,20H,8,11-12H2,(H,27,30)/t14-,17-,20+/m0/s1. The van der Waals surface area contributed by atoms with E-state index in [4.69, 9.17) is 0 Å². The van der Waals surface area contributed by atoms with E-state index in [0.717, 1.165) is 11.8 Å². The lowest BCUT2D eigenvalue weighted by Crippen LogP contribution is -2.51. The van der Waals surface area contributed by atoms with Crippen LogP contribution in [0.4, 0.5) is 30.2 Å². The number of carbonyl (C=O) groups excluding carboxylic acids is 2. The Bertz CT molecular complexity index is 1120. The van der Waals surface area contributed by atoms with Gasteiger partial charge in [0, 0.05) is 24.0 Å². The number of nitrogens with zero attached hydrogens (tertiary/aromatic N) is 2. The number of carbonyl (C=O) groups is 2. The van der Waals surface area contributed by atoms with Crippen LogP contribution in [0.15, 0.2) is 60.7 Å². The first-order valence-electron chi connectivity index (χ1n) is 10.4. The van der Waals surface area contributed by atoms with E-state index in [1.807, 2.05) is 42.5 Å². The molecule has 2 aromatic rings. The fourth-order valence-corrected chi connectivity index (χ4v) is 4.53. The fraction of sp³-hybridized carbons (Fsp3) is 0.304. The van der Waals surface area contributed by atoms with Crippen LogP contribution in [-0.2, 0) is 15.8 Å². The summed E-state index contributed by atoms with van der Waals surface area (Å²) in [7, 11) is 0. The molecule has 2 aromatic carbocycles. The first kappa shape index (κ1) is 22.5. The van der Waals surface area contributed by atoms with Gasteiger partial charge >= 0.3 is 6.18 Å². The van der Waals surface area contributed by atoms with Gasteiger partial charge in [-0.1, -0.05) is 30.4 Å². The van der Waals surface area contributed by atoms with Crippen molar-refractivity contribution in [2.45, 2.75) is 19.0 Å². The molecule has 172 valence electrons. The Balaban J connectivity index is 1.59. The van der Waals surface area contributed by atoms with Crippen molar-refractivity contribution in [3.8, 4) is 0 Å². The minimum absolute atomic E-state index is 0.149. The third kappa shape index (κ3) is 4.46. The van der Waals surface area contributed by atoms with Gasteiger partial charge in [0.05, 0.1) is 16.8 Å². The Kier molecular flexibility index (Phi) is 5.92. The maximum atomic E-state index is 13.3. The van der Waals surface area contributed by atoms with Gasteiger partial charge in [-0.25, -0.2) is 0 Å². The average Bonchev–Trinajstić information content (AvgIpc) is 2.78. The molecular formula is C23H20F3N3O4. The fourth-order valence-electron chi connectivity index (χ4n) is 4.53. The lowest BCUT2D eigenvalue weighted by molar-refractivity contribution is -0.388. The number of benzene rings is 2. The Morgan fingerprint density at radius 1 is 1.15 bits per heavy atom. The smallest absolute Gasteiger partial charge is 0.326 e. The second-order valence-corrected chi connectivity index (χ2v) is 8.05. The topological polar surface area (TPSA) is 92.5 Å². The third-order valence-electron chi connectivity index (χ3n) is 6.08. The Morgan fingerprint density at radius 3 is 2.55 bits per heavy atom. The molecule has 2 aliphatic rings. The van der Waals surface area contributed by atoms with E-state index in [2.05, 4.69) is 5.32 Å². The summed E-state index contributed by atoms with van der Waals surface area (Å²) in [6, 6.07) is 11.4. The number of nitro groups is 1. The van der Waals surface area contributed by atoms with Gasteiger partial charge in [-0.15, -0.1) is 0 Å². The normalized spacial score (nSPS) is 22.6. The van der Waals surface area contributed by atoms with Crippen molar-refractivity contribution in [3.05, 3.63) is 76.4 Å². The molecule has 2 amide bonds. The van der Waals surface area contributed by atoms with E-state index in [9.17, 15) is 32.9 Å². The molecule has 0 radical (unpaired) electrons. The number of piperidine rings is 1. The Hall–Kier alpha value is -3.69. The van der Waals surface area contributed by atoms with E-state index in [1.165, 1.54) is 0 Å². The number of halogens is 3. The summed E-state index contributed by atoms with van der Waals surface area (Å²) in [5, 5.41) is 13.4. The second-order valence-electron chi connectivity index (χ2n) is 8.05. The van der Waals surface area contributed by atoms with Crippen molar-refractivity contribution >= 4 is 28.9 Å². The molecule has 0 unspecified atom stereocenters. The predicted molar refractivity (Wildman–Crippen MR) is 114 cm³/mol. The highest BCUT2D eigenvalue weighted by Crippen LogP contribution is 2.40. The quantitative estimate of drug-likeness (QED) is 0.404. The molecule has 0 bridgehead atoms. The molecule has 4 rings (SSSR count). The SMILES string of the molecule is O=C(Nc1ccc([N+](=O)[O-])c(C(F)(F)F)c1)[C@H]1CC=C[C@H]2CCN(c3ccccc3)C(=O)[C@@H]12. The number of rotatable bonds is 4. The van der Waals surface area contributed by atoms with Crippen LogP contribution < -0.4 is 10.2 Å². The van der Waals surface area contributed by atoms with Gasteiger partial charge in [0.2, 0.25) is 11.8 Å². The van der Waals surface area contributed by atoms with Gasteiger partial charge in [-0.2, -0.15) is 13.2 Å². The first-order chi connectivity index (χ1) is 15.7. The molecule has 1 heterocycles. The Morgan fingerprint density at radius 2 is 1.88 bits per heavy atom. The molecule has 3 atom stereocenters. The third-order valence-corrected chi connectivity index (χ3v) is 6.08. The van der Waals surface area contributed by atoms with Crippen LogP contribution in [0.3, 0.4) is 0 Å². The molecule has 0 aromatic heterocycles. The molecule has 1 aliphatic carbocycles. The van der Waals surface area contributed by atoms with E-state index in [1.54, 1.807) is 4.90 Å². The molecule has 0 spiro atoms. The summed E-state index contributed by atoms with van der Waals surface area (Å²) in [6.45, 7) is 0.500. The van der Waals surface area contributed by atoms with Crippen LogP contribution in [0.1, 0.15) is 18.4 Å². The van der Waals surface area contributed by atoms with Crippen molar-refractivity contribution in [2.75, 3.05) is 16.8 Å². The number of hydrogen-bond acceptors (Lipinski definition) is 4. The maximum absolute atomic E-state index is 13.3. The Labute approximate surface area is 187 Å². The monoisotopic (exact) mass is 459 g/mol. The molecule has 1 fully saturated rings. The zero-order chi connectivity index (χ0) is 23.8. The number of nitro benzene ring substituents is 1. The van der Waals surface area contributed by atoms with Crippen molar-refractivity contribution in [3.63, 3.8) is 0 Å². The van der Waals surface area contributed by atoms with E-state index in [0.29, 0.717) is 25.1 Å². The van der Waals surface area contributed by atoms with Gasteiger partial charge in [0.25, 0.3) is 5.69 Å². The minimum atomic E-state index is -4.96. The van der Waals surface area contributed by atoms with Crippen LogP contribution in [-0.4, -0.2) is 23.3 Å². The zero-order valence-corrected chi connectivity index (χ0v) is 17.3. The van der Waals surface area contributed by atoms with E-state index in [-0.39, 0.29) is 23.9 Å². The van der Waals surface area contributed by atoms with Crippen LogP contribution >= 0.6 is 0 Å². The van der Waals surface area contributed by atoms with Gasteiger partial charge in [0.15, 0.2) is 0 Å². The summed E-state index contributed by atoms with van der Waals surface area (Å²) in [5.41, 5.74) is -2.04. The molecule has 1 N–H and O–H groups in total. The lowest BCUT2D eigenvalue weighted by atomic mass is 9.71. The van der Waals surface area contributed by atoms with Crippen molar-refractivity contribution in [1.29, 1.82) is 0 Å². The van der Waals surface area contributed by atoms with Crippen LogP contribution in [0.25, 0.3) is 0 Å². The van der Waals surface area contributed by atoms with Gasteiger partial charge in [0.1, 0.15) is 5.56 Å². The van der Waals surface area contributed by atoms with Crippen LogP contribution in [0.2, 0.25) is 0 Å². The number of allylic oxidation sites excluding steroid dienone is 2. The van der Waals surface area contributed by atoms with Crippen LogP contribution in [0.5, 0.6) is 0 Å². The summed E-state index contributed by atoms with van der Waals surface area (Å²) in [4.78, 5) is 37.9. The molecule has 1 aliphatic heterocycles. The van der Waals surface area contributed by atoms with Gasteiger partial charge < -0.3 is 10.2 Å². The number of para-hydroxylation sites is 1. The maximum Gasteiger partial charge on any atom is 0.423 e. The van der Waals surface area contributed by atoms with Crippen molar-refractivity contribution in [2.24, 2.45) is 17.8 Å². The molecular weight excluding hydrogens is 439 g/mol. The average molecular weight is 459 g/mol. The minimum Gasteiger partial charge on any atom is -0.326 e. The summed E-state index contributed by atoms with van der Waals surface area (Å²) in [6.07, 6.45) is -0.310. The number of alkyl halides is 3. The molecule has 1 saturated heterocycles. The molecule has 33 heavy (non-hydrogen) atoms. The second kappa shape index (κ2) is 8.68. The molecule has 0 saturated carbocycles. The van der Waals surface area contributed by atoms with Crippen molar-refractivity contribution in [1.82, 2.24) is 0 Å². The summed E-state index contributed by atoms with van der Waals surface area (Å²) < 4.78 is 39.8.